The van der Waals surface area contributed by atoms with Crippen LogP contribution >= 0.6 is 0 Å². The number of rotatable bonds is 7. The van der Waals surface area contributed by atoms with E-state index in [2.05, 4.69) is 9.03 Å². The molecule has 0 aromatic heterocycles. The molecule has 0 saturated carbocycles. The van der Waals surface area contributed by atoms with Crippen molar-refractivity contribution in [3.63, 3.8) is 0 Å². The molecule has 3 rings (SSSR count). The lowest BCUT2D eigenvalue weighted by molar-refractivity contribution is -0.0500. The van der Waals surface area contributed by atoms with Gasteiger partial charge in [0.25, 0.3) is 0 Å². The lowest BCUT2D eigenvalue weighted by Crippen LogP contribution is -2.29. The standard InChI is InChI=1S/C19H17BF3NO7S/c1-24-15-4-6-16(7-5-15)30-17-8-9-18(31-32(25,26)19(21,22)23)14(12-17)13-29-20-27-10-2-3-11-28-20/h4-9,12H,2-3,10-11,13H2. The molecule has 13 heteroatoms. The van der Waals surface area contributed by atoms with Crippen LogP contribution < -0.4 is 8.92 Å². The van der Waals surface area contributed by atoms with Crippen molar-refractivity contribution in [3.8, 4) is 17.2 Å². The molecule has 1 saturated heterocycles. The van der Waals surface area contributed by atoms with Crippen LogP contribution in [0.2, 0.25) is 0 Å². The first kappa shape index (κ1) is 23.9. The fraction of sp³-hybridized carbons (Fsp3) is 0.316. The molecule has 0 radical (unpaired) electrons. The highest BCUT2D eigenvalue weighted by molar-refractivity contribution is 7.88. The highest BCUT2D eigenvalue weighted by atomic mass is 32.2. The van der Waals surface area contributed by atoms with E-state index in [1.807, 2.05) is 0 Å². The van der Waals surface area contributed by atoms with Gasteiger partial charge in [-0.05, 0) is 43.2 Å². The molecule has 2 aromatic carbocycles. The Morgan fingerprint density at radius 3 is 2.25 bits per heavy atom. The van der Waals surface area contributed by atoms with Crippen LogP contribution in [0.4, 0.5) is 18.9 Å². The predicted octanol–water partition coefficient (Wildman–Crippen LogP) is 4.59. The van der Waals surface area contributed by atoms with Crippen LogP contribution in [0, 0.1) is 6.57 Å². The number of nitrogens with zero attached hydrogens (tertiary/aromatic N) is 1. The SMILES string of the molecule is [C-]#[N+]c1ccc(Oc2ccc(OS(=O)(=O)C(F)(F)F)c(COB3OCCCCO3)c2)cc1. The number of benzene rings is 2. The summed E-state index contributed by atoms with van der Waals surface area (Å²) in [6, 6.07) is 9.68. The minimum Gasteiger partial charge on any atom is -0.457 e. The summed E-state index contributed by atoms with van der Waals surface area (Å²) in [5.41, 5.74) is -5.24. The average Bonchev–Trinajstić information content (AvgIpc) is 3.02. The number of hydrogen-bond acceptors (Lipinski definition) is 7. The van der Waals surface area contributed by atoms with Gasteiger partial charge in [0, 0.05) is 18.8 Å². The first-order chi connectivity index (χ1) is 15.2. The molecule has 0 spiro atoms. The van der Waals surface area contributed by atoms with E-state index in [1.165, 1.54) is 36.4 Å². The lowest BCUT2D eigenvalue weighted by Gasteiger charge is -2.16. The van der Waals surface area contributed by atoms with Crippen molar-refractivity contribution >= 4 is 23.1 Å². The van der Waals surface area contributed by atoms with Crippen LogP contribution in [0.15, 0.2) is 42.5 Å². The zero-order valence-electron chi connectivity index (χ0n) is 16.5. The fourth-order valence-corrected chi connectivity index (χ4v) is 3.06. The Morgan fingerprint density at radius 1 is 1.03 bits per heavy atom. The van der Waals surface area contributed by atoms with Gasteiger partial charge in [0.15, 0.2) is 5.69 Å². The van der Waals surface area contributed by atoms with Crippen molar-refractivity contribution in [2.75, 3.05) is 13.2 Å². The van der Waals surface area contributed by atoms with Gasteiger partial charge in [-0.2, -0.15) is 21.6 Å². The zero-order valence-corrected chi connectivity index (χ0v) is 17.3. The van der Waals surface area contributed by atoms with Crippen LogP contribution in [0.1, 0.15) is 18.4 Å². The second-order valence-corrected chi connectivity index (χ2v) is 8.05. The molecular formula is C19H17BF3NO7S. The Kier molecular flexibility index (Phi) is 7.62. The molecule has 2 aromatic rings. The van der Waals surface area contributed by atoms with Gasteiger partial charge in [0.05, 0.1) is 13.2 Å². The van der Waals surface area contributed by atoms with Crippen LogP contribution in [0.5, 0.6) is 17.2 Å². The quantitative estimate of drug-likeness (QED) is 0.253. The summed E-state index contributed by atoms with van der Waals surface area (Å²) in [6.07, 6.45) is 1.52. The molecule has 0 aliphatic carbocycles. The third-order valence-corrected chi connectivity index (χ3v) is 5.10. The van der Waals surface area contributed by atoms with Crippen LogP contribution in [-0.2, 0) is 30.7 Å². The molecular weight excluding hydrogens is 454 g/mol. The van der Waals surface area contributed by atoms with Gasteiger partial charge in [-0.1, -0.05) is 12.1 Å². The largest absolute Gasteiger partial charge is 0.639 e. The van der Waals surface area contributed by atoms with Gasteiger partial charge in [0.1, 0.15) is 17.2 Å². The van der Waals surface area contributed by atoms with Gasteiger partial charge < -0.3 is 22.9 Å². The normalized spacial score (nSPS) is 15.0. The molecule has 1 heterocycles. The number of hydrogen-bond donors (Lipinski definition) is 0. The van der Waals surface area contributed by atoms with E-state index >= 15 is 0 Å². The molecule has 0 unspecified atom stereocenters. The summed E-state index contributed by atoms with van der Waals surface area (Å²) in [5, 5.41) is 0. The summed E-state index contributed by atoms with van der Waals surface area (Å²) in [7, 11) is -6.95. The van der Waals surface area contributed by atoms with Crippen molar-refractivity contribution in [1.82, 2.24) is 0 Å². The topological polar surface area (TPSA) is 84.7 Å². The summed E-state index contributed by atoms with van der Waals surface area (Å²) in [6.45, 7) is 7.33. The molecule has 32 heavy (non-hydrogen) atoms. The van der Waals surface area contributed by atoms with E-state index in [9.17, 15) is 21.6 Å². The van der Waals surface area contributed by atoms with Gasteiger partial charge in [-0.25, -0.2) is 4.85 Å². The first-order valence-corrected chi connectivity index (χ1v) is 10.7. The third kappa shape index (κ3) is 6.36. The number of halogens is 3. The van der Waals surface area contributed by atoms with Gasteiger partial charge >= 0.3 is 22.9 Å². The van der Waals surface area contributed by atoms with Crippen molar-refractivity contribution in [3.05, 3.63) is 59.4 Å². The zero-order chi connectivity index (χ0) is 23.2. The smallest absolute Gasteiger partial charge is 0.457 e. The number of ether oxygens (including phenoxy) is 1. The molecule has 0 bridgehead atoms. The monoisotopic (exact) mass is 471 g/mol. The summed E-state index contributed by atoms with van der Waals surface area (Å²) in [4.78, 5) is 3.26. The Morgan fingerprint density at radius 2 is 1.66 bits per heavy atom. The van der Waals surface area contributed by atoms with Crippen LogP contribution in [-0.4, -0.2) is 34.5 Å². The summed E-state index contributed by atoms with van der Waals surface area (Å²) >= 11 is 0. The van der Waals surface area contributed by atoms with E-state index < -0.39 is 28.7 Å². The van der Waals surface area contributed by atoms with Gasteiger partial charge in [-0.15, -0.1) is 0 Å². The molecule has 0 atom stereocenters. The molecule has 0 amide bonds. The molecule has 0 N–H and O–H groups in total. The van der Waals surface area contributed by atoms with E-state index in [0.29, 0.717) is 24.7 Å². The summed E-state index contributed by atoms with van der Waals surface area (Å²) in [5.74, 6) is -0.0402. The van der Waals surface area contributed by atoms with Gasteiger partial charge in [0.2, 0.25) is 0 Å². The van der Waals surface area contributed by atoms with Gasteiger partial charge in [-0.3, -0.25) is 0 Å². The Labute approximate surface area is 182 Å². The molecule has 8 nitrogen and oxygen atoms in total. The van der Waals surface area contributed by atoms with E-state index in [0.717, 1.165) is 18.9 Å². The maximum atomic E-state index is 12.8. The Hall–Kier alpha value is -2.79. The maximum absolute atomic E-state index is 12.8. The molecule has 1 aliphatic heterocycles. The molecule has 1 aliphatic rings. The van der Waals surface area contributed by atoms with Crippen molar-refractivity contribution in [1.29, 1.82) is 0 Å². The first-order valence-electron chi connectivity index (χ1n) is 9.32. The predicted molar refractivity (Wildman–Crippen MR) is 107 cm³/mol. The minimum atomic E-state index is -5.89. The molecule has 170 valence electrons. The van der Waals surface area contributed by atoms with E-state index in [-0.39, 0.29) is 17.9 Å². The minimum absolute atomic E-state index is 0.0375. The highest BCUT2D eigenvalue weighted by Gasteiger charge is 2.48. The van der Waals surface area contributed by atoms with Crippen molar-refractivity contribution in [2.45, 2.75) is 25.0 Å². The van der Waals surface area contributed by atoms with Crippen LogP contribution in [0.3, 0.4) is 0 Å². The number of alkyl halides is 3. The molecule has 1 fully saturated rings. The average molecular weight is 471 g/mol. The summed E-state index contributed by atoms with van der Waals surface area (Å²) < 4.78 is 87.3. The fourth-order valence-electron chi connectivity index (χ4n) is 2.57. The maximum Gasteiger partial charge on any atom is 0.639 e. The lowest BCUT2D eigenvalue weighted by atomic mass is 10.1. The second-order valence-electron chi connectivity index (χ2n) is 6.51. The Bertz CT molecular complexity index is 1060. The Balaban J connectivity index is 1.83. The van der Waals surface area contributed by atoms with Crippen molar-refractivity contribution < 1.29 is 44.5 Å². The van der Waals surface area contributed by atoms with Crippen molar-refractivity contribution in [2.24, 2.45) is 0 Å². The van der Waals surface area contributed by atoms with E-state index in [4.69, 9.17) is 25.3 Å². The second kappa shape index (κ2) is 10.2. The highest BCUT2D eigenvalue weighted by Crippen LogP contribution is 2.33. The van der Waals surface area contributed by atoms with E-state index in [1.54, 1.807) is 0 Å². The third-order valence-electron chi connectivity index (χ3n) is 4.14. The van der Waals surface area contributed by atoms with Crippen LogP contribution in [0.25, 0.3) is 4.85 Å².